The van der Waals surface area contributed by atoms with E-state index in [1.165, 1.54) is 0 Å². The van der Waals surface area contributed by atoms with Gasteiger partial charge in [-0.2, -0.15) is 0 Å². The van der Waals surface area contributed by atoms with Crippen molar-refractivity contribution >= 4 is 11.8 Å². The molecule has 0 aromatic heterocycles. The van der Waals surface area contributed by atoms with Crippen LogP contribution in [0.3, 0.4) is 0 Å². The van der Waals surface area contributed by atoms with Crippen LogP contribution in [0.15, 0.2) is 30.3 Å². The number of nitrogens with one attached hydrogen (secondary N) is 2. The highest BCUT2D eigenvalue weighted by molar-refractivity contribution is 5.97. The number of amides is 2. The quantitative estimate of drug-likeness (QED) is 0.856. The van der Waals surface area contributed by atoms with Crippen molar-refractivity contribution in [1.29, 1.82) is 0 Å². The zero-order chi connectivity index (χ0) is 13.8. The van der Waals surface area contributed by atoms with Gasteiger partial charge in [-0.15, -0.1) is 0 Å². The summed E-state index contributed by atoms with van der Waals surface area (Å²) in [6.45, 7) is 3.99. The molecule has 0 unspecified atom stereocenters. The van der Waals surface area contributed by atoms with Crippen molar-refractivity contribution < 1.29 is 9.59 Å². The van der Waals surface area contributed by atoms with E-state index in [-0.39, 0.29) is 17.7 Å². The number of carbonyl (C=O) groups excluding carboxylic acids is 2. The van der Waals surface area contributed by atoms with Crippen molar-refractivity contribution in [2.75, 3.05) is 0 Å². The summed E-state index contributed by atoms with van der Waals surface area (Å²) in [5.74, 6) is -0.00902. The summed E-state index contributed by atoms with van der Waals surface area (Å²) in [4.78, 5) is 24.1. The summed E-state index contributed by atoms with van der Waals surface area (Å²) in [6.07, 6.45) is 1.40. The summed E-state index contributed by atoms with van der Waals surface area (Å²) >= 11 is 0. The minimum absolute atomic E-state index is 0.0742. The smallest absolute Gasteiger partial charge is 0.243 e. The molecule has 2 rings (SSSR count). The lowest BCUT2D eigenvalue weighted by Gasteiger charge is -2.32. The van der Waals surface area contributed by atoms with Gasteiger partial charge in [0, 0.05) is 6.42 Å². The van der Waals surface area contributed by atoms with Crippen molar-refractivity contribution in [3.05, 3.63) is 35.9 Å². The zero-order valence-electron chi connectivity index (χ0n) is 11.3. The molecule has 0 aliphatic carbocycles. The minimum atomic E-state index is -0.463. The summed E-state index contributed by atoms with van der Waals surface area (Å²) < 4.78 is 0. The molecule has 0 bridgehead atoms. The molecule has 1 aromatic rings. The van der Waals surface area contributed by atoms with Crippen molar-refractivity contribution in [1.82, 2.24) is 10.6 Å². The van der Waals surface area contributed by atoms with E-state index in [2.05, 4.69) is 10.6 Å². The maximum atomic E-state index is 12.0. The molecule has 3 atom stereocenters. The van der Waals surface area contributed by atoms with Crippen LogP contribution in [0.5, 0.6) is 0 Å². The lowest BCUT2D eigenvalue weighted by molar-refractivity contribution is -0.138. The van der Waals surface area contributed by atoms with Gasteiger partial charge in [-0.3, -0.25) is 9.59 Å². The molecule has 0 saturated carbocycles. The Labute approximate surface area is 113 Å². The van der Waals surface area contributed by atoms with Crippen LogP contribution in [0, 0.1) is 5.92 Å². The Morgan fingerprint density at radius 3 is 2.42 bits per heavy atom. The molecule has 1 aromatic carbocycles. The third-order valence-corrected chi connectivity index (χ3v) is 3.71. The maximum absolute atomic E-state index is 12.0. The van der Waals surface area contributed by atoms with Crippen molar-refractivity contribution in [3.8, 4) is 0 Å². The summed E-state index contributed by atoms with van der Waals surface area (Å²) in [5, 5.41) is 5.67. The van der Waals surface area contributed by atoms with Gasteiger partial charge in [-0.05, 0) is 11.5 Å². The molecular weight excluding hydrogens is 240 g/mol. The van der Waals surface area contributed by atoms with Gasteiger partial charge in [0.05, 0.1) is 0 Å². The van der Waals surface area contributed by atoms with Gasteiger partial charge in [-0.1, -0.05) is 50.6 Å². The molecule has 102 valence electrons. The van der Waals surface area contributed by atoms with Crippen LogP contribution in [0.1, 0.15) is 25.8 Å². The molecule has 0 radical (unpaired) electrons. The predicted molar refractivity (Wildman–Crippen MR) is 73.5 cm³/mol. The molecule has 1 heterocycles. The van der Waals surface area contributed by atoms with E-state index in [0.29, 0.717) is 6.42 Å². The predicted octanol–water partition coefficient (Wildman–Crippen LogP) is 1.26. The second-order valence-corrected chi connectivity index (χ2v) is 5.12. The van der Waals surface area contributed by atoms with Crippen LogP contribution in [0.25, 0.3) is 0 Å². The van der Waals surface area contributed by atoms with Crippen LogP contribution in [-0.2, 0) is 16.0 Å². The number of rotatable bonds is 4. The van der Waals surface area contributed by atoms with Gasteiger partial charge in [0.2, 0.25) is 11.8 Å². The first-order valence-electron chi connectivity index (χ1n) is 6.76. The highest BCUT2D eigenvalue weighted by atomic mass is 16.2. The van der Waals surface area contributed by atoms with Crippen LogP contribution in [0.2, 0.25) is 0 Å². The molecular formula is C15H20N2O2. The fourth-order valence-electron chi connectivity index (χ4n) is 2.28. The summed E-state index contributed by atoms with van der Waals surface area (Å²) in [7, 11) is 0. The first kappa shape index (κ1) is 13.6. The lowest BCUT2D eigenvalue weighted by atomic mass is 9.94. The molecule has 2 amide bonds. The van der Waals surface area contributed by atoms with Gasteiger partial charge in [0.1, 0.15) is 12.1 Å². The number of benzene rings is 1. The Hall–Kier alpha value is -1.84. The molecule has 1 aliphatic rings. The average molecular weight is 260 g/mol. The van der Waals surface area contributed by atoms with Crippen LogP contribution in [-0.4, -0.2) is 23.9 Å². The van der Waals surface area contributed by atoms with E-state index in [9.17, 15) is 9.59 Å². The first-order chi connectivity index (χ1) is 9.11. The Balaban J connectivity index is 2.03. The average Bonchev–Trinajstić information content (AvgIpc) is 2.43. The van der Waals surface area contributed by atoms with Gasteiger partial charge in [0.25, 0.3) is 0 Å². The largest absolute Gasteiger partial charge is 0.342 e. The highest BCUT2D eigenvalue weighted by Gasteiger charge is 2.35. The highest BCUT2D eigenvalue weighted by Crippen LogP contribution is 2.13. The standard InChI is InChI=1S/C15H20N2O2/c1-3-10(2)13-15(19)16-12(14(18)17-13)9-11-7-5-4-6-8-11/h4-8,10,12-13H,3,9H2,1-2H3,(H,16,19)(H,17,18)/t10-,12-,13-/m0/s1. The van der Waals surface area contributed by atoms with Crippen LogP contribution in [0.4, 0.5) is 0 Å². The number of carbonyl (C=O) groups is 2. The molecule has 4 nitrogen and oxygen atoms in total. The van der Waals surface area contributed by atoms with Gasteiger partial charge in [0.15, 0.2) is 0 Å². The molecule has 2 N–H and O–H groups in total. The fraction of sp³-hybridized carbons (Fsp3) is 0.467. The third-order valence-electron chi connectivity index (χ3n) is 3.71. The first-order valence-corrected chi connectivity index (χ1v) is 6.76. The SMILES string of the molecule is CC[C@H](C)[C@@H]1NC(=O)[C@H](Cc2ccccc2)NC1=O. The van der Waals surface area contributed by atoms with Crippen molar-refractivity contribution in [2.24, 2.45) is 5.92 Å². The molecule has 1 aliphatic heterocycles. The Kier molecular flexibility index (Phi) is 4.20. The summed E-state index contributed by atoms with van der Waals surface area (Å²) in [5.41, 5.74) is 1.05. The van der Waals surface area contributed by atoms with Crippen molar-refractivity contribution in [3.63, 3.8) is 0 Å². The molecule has 1 saturated heterocycles. The molecule has 1 fully saturated rings. The number of hydrogen-bond acceptors (Lipinski definition) is 2. The monoisotopic (exact) mass is 260 g/mol. The summed E-state index contributed by atoms with van der Waals surface area (Å²) in [6, 6.07) is 8.85. The van der Waals surface area contributed by atoms with E-state index < -0.39 is 12.1 Å². The zero-order valence-corrected chi connectivity index (χ0v) is 11.3. The second kappa shape index (κ2) is 5.87. The normalized spacial score (nSPS) is 24.5. The Morgan fingerprint density at radius 1 is 1.11 bits per heavy atom. The second-order valence-electron chi connectivity index (χ2n) is 5.12. The Bertz CT molecular complexity index is 458. The van der Waals surface area contributed by atoms with E-state index in [0.717, 1.165) is 12.0 Å². The van der Waals surface area contributed by atoms with Crippen LogP contribution < -0.4 is 10.6 Å². The number of piperazine rings is 1. The van der Waals surface area contributed by atoms with Gasteiger partial charge in [-0.25, -0.2) is 0 Å². The Morgan fingerprint density at radius 2 is 1.79 bits per heavy atom. The van der Waals surface area contributed by atoms with E-state index >= 15 is 0 Å². The topological polar surface area (TPSA) is 58.2 Å². The van der Waals surface area contributed by atoms with Crippen LogP contribution >= 0.6 is 0 Å². The lowest BCUT2D eigenvalue weighted by Crippen LogP contribution is -2.63. The van der Waals surface area contributed by atoms with Crippen molar-refractivity contribution in [2.45, 2.75) is 38.8 Å². The molecule has 19 heavy (non-hydrogen) atoms. The van der Waals surface area contributed by atoms with Gasteiger partial charge < -0.3 is 10.6 Å². The van der Waals surface area contributed by atoms with E-state index in [1.807, 2.05) is 44.2 Å². The molecule has 0 spiro atoms. The number of hydrogen-bond donors (Lipinski definition) is 2. The van der Waals surface area contributed by atoms with E-state index in [1.54, 1.807) is 0 Å². The van der Waals surface area contributed by atoms with E-state index in [4.69, 9.17) is 0 Å². The third kappa shape index (κ3) is 3.13. The minimum Gasteiger partial charge on any atom is -0.342 e. The van der Waals surface area contributed by atoms with Gasteiger partial charge >= 0.3 is 0 Å². The fourth-order valence-corrected chi connectivity index (χ4v) is 2.28. The maximum Gasteiger partial charge on any atom is 0.243 e. The molecule has 4 heteroatoms.